The van der Waals surface area contributed by atoms with E-state index < -0.39 is 0 Å². The van der Waals surface area contributed by atoms with E-state index in [1.165, 1.54) is 0 Å². The summed E-state index contributed by atoms with van der Waals surface area (Å²) in [6, 6.07) is 0. The van der Waals surface area contributed by atoms with Gasteiger partial charge >= 0.3 is 0 Å². The first-order valence-corrected chi connectivity index (χ1v) is 7.48. The molecule has 0 atom stereocenters. The Morgan fingerprint density at radius 2 is 1.84 bits per heavy atom. The van der Waals surface area contributed by atoms with Gasteiger partial charge in [-0.1, -0.05) is 27.2 Å². The molecule has 0 fully saturated rings. The van der Waals surface area contributed by atoms with Crippen molar-refractivity contribution in [3.05, 3.63) is 0 Å². The number of hydrogen-bond donors (Lipinski definition) is 1. The van der Waals surface area contributed by atoms with Crippen LogP contribution < -0.4 is 5.32 Å². The highest BCUT2D eigenvalue weighted by Crippen LogP contribution is 2.05. The molecule has 0 bridgehead atoms. The van der Waals surface area contributed by atoms with Crippen molar-refractivity contribution in [3.8, 4) is 0 Å². The summed E-state index contributed by atoms with van der Waals surface area (Å²) in [5, 5.41) is 2.83. The summed E-state index contributed by atoms with van der Waals surface area (Å²) in [4.78, 5) is 25.0. The van der Waals surface area contributed by atoms with Crippen LogP contribution in [0, 0.1) is 5.92 Å². The largest absolute Gasteiger partial charge is 0.356 e. The maximum absolute atomic E-state index is 11.8. The van der Waals surface area contributed by atoms with E-state index in [-0.39, 0.29) is 11.8 Å². The number of rotatable bonds is 10. The number of hydrogen-bond acceptors (Lipinski definition) is 2. The summed E-state index contributed by atoms with van der Waals surface area (Å²) in [6.45, 7) is 7.95. The summed E-state index contributed by atoms with van der Waals surface area (Å²) < 4.78 is 0. The molecule has 1 N–H and O–H groups in total. The number of nitrogens with zero attached hydrogens (tertiary/aromatic N) is 1. The molecule has 0 aromatic rings. The summed E-state index contributed by atoms with van der Waals surface area (Å²) in [6.07, 6.45) is 4.84. The molecule has 0 saturated carbocycles. The van der Waals surface area contributed by atoms with Crippen molar-refractivity contribution in [1.82, 2.24) is 10.2 Å². The van der Waals surface area contributed by atoms with E-state index in [0.29, 0.717) is 25.3 Å². The summed E-state index contributed by atoms with van der Waals surface area (Å²) in [5.74, 6) is 0.722. The fourth-order valence-electron chi connectivity index (χ4n) is 1.77. The lowest BCUT2D eigenvalue weighted by Crippen LogP contribution is -2.30. The Bertz CT molecular complexity index is 265. The van der Waals surface area contributed by atoms with Gasteiger partial charge in [0.1, 0.15) is 0 Å². The zero-order valence-electron chi connectivity index (χ0n) is 13.0. The van der Waals surface area contributed by atoms with Crippen molar-refractivity contribution in [2.75, 3.05) is 20.1 Å². The van der Waals surface area contributed by atoms with Crippen LogP contribution in [-0.4, -0.2) is 36.9 Å². The first-order chi connectivity index (χ1) is 8.97. The average Bonchev–Trinajstić information content (AvgIpc) is 2.35. The van der Waals surface area contributed by atoms with Gasteiger partial charge in [-0.25, -0.2) is 0 Å². The molecule has 4 nitrogen and oxygen atoms in total. The van der Waals surface area contributed by atoms with E-state index in [2.05, 4.69) is 26.1 Å². The number of unbranched alkanes of at least 4 members (excludes halogenated alkanes) is 1. The molecule has 0 aliphatic rings. The van der Waals surface area contributed by atoms with Gasteiger partial charge in [0.25, 0.3) is 0 Å². The van der Waals surface area contributed by atoms with Gasteiger partial charge in [0, 0.05) is 33.0 Å². The lowest BCUT2D eigenvalue weighted by molar-refractivity contribution is -0.132. The molecule has 0 aliphatic heterocycles. The zero-order valence-corrected chi connectivity index (χ0v) is 13.0. The van der Waals surface area contributed by atoms with Crippen molar-refractivity contribution < 1.29 is 9.59 Å². The lowest BCUT2D eigenvalue weighted by atomic mass is 10.1. The zero-order chi connectivity index (χ0) is 14.7. The minimum absolute atomic E-state index is 0.0163. The van der Waals surface area contributed by atoms with E-state index in [0.717, 1.165) is 32.2 Å². The molecule has 0 saturated heterocycles. The van der Waals surface area contributed by atoms with Crippen molar-refractivity contribution in [2.24, 2.45) is 5.92 Å². The Morgan fingerprint density at radius 3 is 2.42 bits per heavy atom. The highest BCUT2D eigenvalue weighted by Gasteiger charge is 2.11. The summed E-state index contributed by atoms with van der Waals surface area (Å²) in [5.41, 5.74) is 0. The van der Waals surface area contributed by atoms with Crippen LogP contribution in [0.25, 0.3) is 0 Å². The second kappa shape index (κ2) is 10.8. The van der Waals surface area contributed by atoms with Crippen LogP contribution in [0.4, 0.5) is 0 Å². The van der Waals surface area contributed by atoms with Gasteiger partial charge in [0.2, 0.25) is 11.8 Å². The number of nitrogens with one attached hydrogen (secondary N) is 1. The third kappa shape index (κ3) is 10.5. The van der Waals surface area contributed by atoms with Crippen molar-refractivity contribution in [3.63, 3.8) is 0 Å². The predicted octanol–water partition coefficient (Wildman–Crippen LogP) is 2.58. The molecule has 2 amide bonds. The maximum atomic E-state index is 11.8. The van der Waals surface area contributed by atoms with Gasteiger partial charge in [0.15, 0.2) is 0 Å². The Morgan fingerprint density at radius 1 is 1.16 bits per heavy atom. The molecular weight excluding hydrogens is 240 g/mol. The van der Waals surface area contributed by atoms with Gasteiger partial charge in [-0.2, -0.15) is 0 Å². The average molecular weight is 270 g/mol. The molecule has 0 heterocycles. The highest BCUT2D eigenvalue weighted by molar-refractivity contribution is 5.83. The third-order valence-corrected chi connectivity index (χ3v) is 3.12. The summed E-state index contributed by atoms with van der Waals surface area (Å²) >= 11 is 0. The molecular formula is C15H30N2O2. The quantitative estimate of drug-likeness (QED) is 0.620. The van der Waals surface area contributed by atoms with Crippen LogP contribution in [-0.2, 0) is 9.59 Å². The minimum Gasteiger partial charge on any atom is -0.356 e. The smallest absolute Gasteiger partial charge is 0.222 e. The predicted molar refractivity (Wildman–Crippen MR) is 78.9 cm³/mol. The van der Waals surface area contributed by atoms with Gasteiger partial charge in [-0.05, 0) is 25.2 Å². The van der Waals surface area contributed by atoms with Crippen molar-refractivity contribution in [1.29, 1.82) is 0 Å². The monoisotopic (exact) mass is 270 g/mol. The third-order valence-electron chi connectivity index (χ3n) is 3.12. The minimum atomic E-state index is -0.0163. The van der Waals surface area contributed by atoms with E-state index in [9.17, 15) is 9.59 Å². The van der Waals surface area contributed by atoms with Crippen LogP contribution in [0.15, 0.2) is 0 Å². The van der Waals surface area contributed by atoms with Gasteiger partial charge in [0.05, 0.1) is 0 Å². The molecule has 0 aromatic heterocycles. The van der Waals surface area contributed by atoms with Gasteiger partial charge < -0.3 is 10.2 Å². The van der Waals surface area contributed by atoms with Crippen molar-refractivity contribution in [2.45, 2.75) is 59.3 Å². The first kappa shape index (κ1) is 17.9. The second-order valence-corrected chi connectivity index (χ2v) is 5.55. The molecule has 0 radical (unpaired) electrons. The molecule has 0 unspecified atom stereocenters. The second-order valence-electron chi connectivity index (χ2n) is 5.55. The highest BCUT2D eigenvalue weighted by atomic mass is 16.2. The molecule has 0 aliphatic carbocycles. The van der Waals surface area contributed by atoms with E-state index >= 15 is 0 Å². The van der Waals surface area contributed by atoms with E-state index in [4.69, 9.17) is 0 Å². The molecule has 19 heavy (non-hydrogen) atoms. The fraction of sp³-hybridized carbons (Fsp3) is 0.867. The number of carbonyl (C=O) groups excluding carboxylic acids is 2. The van der Waals surface area contributed by atoms with Crippen LogP contribution in [0.5, 0.6) is 0 Å². The summed E-state index contributed by atoms with van der Waals surface area (Å²) in [7, 11) is 1.82. The van der Waals surface area contributed by atoms with Crippen LogP contribution >= 0.6 is 0 Å². The lowest BCUT2D eigenvalue weighted by Gasteiger charge is -2.17. The van der Waals surface area contributed by atoms with E-state index in [1.54, 1.807) is 4.90 Å². The molecule has 4 heteroatoms. The fourth-order valence-corrected chi connectivity index (χ4v) is 1.77. The van der Waals surface area contributed by atoms with Crippen LogP contribution in [0.3, 0.4) is 0 Å². The van der Waals surface area contributed by atoms with Crippen molar-refractivity contribution >= 4 is 11.8 Å². The molecule has 0 rings (SSSR count). The number of carbonyl (C=O) groups is 2. The topological polar surface area (TPSA) is 49.4 Å². The van der Waals surface area contributed by atoms with Gasteiger partial charge in [-0.3, -0.25) is 9.59 Å². The van der Waals surface area contributed by atoms with Crippen LogP contribution in [0.2, 0.25) is 0 Å². The number of amides is 2. The normalized spacial score (nSPS) is 10.6. The molecule has 0 spiro atoms. The van der Waals surface area contributed by atoms with E-state index in [1.807, 2.05) is 7.05 Å². The molecule has 112 valence electrons. The maximum Gasteiger partial charge on any atom is 0.222 e. The first-order valence-electron chi connectivity index (χ1n) is 7.48. The SMILES string of the molecule is CCCCNC(=O)CCC(=O)N(C)CCCC(C)C. The van der Waals surface area contributed by atoms with Gasteiger partial charge in [-0.15, -0.1) is 0 Å². The van der Waals surface area contributed by atoms with Crippen LogP contribution in [0.1, 0.15) is 59.3 Å². The Kier molecular flexibility index (Phi) is 10.2. The molecule has 0 aromatic carbocycles. The Hall–Kier alpha value is -1.06. The standard InChI is InChI=1S/C15H30N2O2/c1-5-6-11-16-14(18)9-10-15(19)17(4)12-7-8-13(2)3/h13H,5-12H2,1-4H3,(H,16,18). The Labute approximate surface area is 117 Å². The Balaban J connectivity index is 3.69.